The van der Waals surface area contributed by atoms with Crippen molar-refractivity contribution in [3.8, 4) is 0 Å². The Bertz CT molecular complexity index is 746. The zero-order valence-electron chi connectivity index (χ0n) is 15.0. The first-order valence-electron chi connectivity index (χ1n) is 8.92. The highest BCUT2D eigenvalue weighted by atomic mass is 32.2. The van der Waals surface area contributed by atoms with E-state index in [-0.39, 0.29) is 17.7 Å². The van der Waals surface area contributed by atoms with Gasteiger partial charge in [0, 0.05) is 23.7 Å². The third-order valence-electron chi connectivity index (χ3n) is 4.70. The number of likely N-dealkylation sites (tertiary alicyclic amines) is 1. The van der Waals surface area contributed by atoms with Crippen LogP contribution in [0, 0.1) is 5.92 Å². The van der Waals surface area contributed by atoms with Gasteiger partial charge in [-0.3, -0.25) is 9.59 Å². The number of hydrogen-bond donors (Lipinski definition) is 1. The molecule has 1 unspecified atom stereocenters. The second-order valence-corrected chi connectivity index (χ2v) is 7.44. The summed E-state index contributed by atoms with van der Waals surface area (Å²) in [5.74, 6) is -0.0548. The fourth-order valence-corrected chi connectivity index (χ4v) is 3.63. The lowest BCUT2D eigenvalue weighted by Crippen LogP contribution is -2.44. The number of thioether (sulfide) groups is 1. The van der Waals surface area contributed by atoms with Crippen molar-refractivity contribution in [1.82, 2.24) is 4.90 Å². The number of rotatable bonds is 5. The van der Waals surface area contributed by atoms with Crippen LogP contribution in [0.4, 0.5) is 5.69 Å². The number of piperidine rings is 1. The van der Waals surface area contributed by atoms with E-state index in [1.54, 1.807) is 11.8 Å². The summed E-state index contributed by atoms with van der Waals surface area (Å²) in [6, 6.07) is 17.6. The van der Waals surface area contributed by atoms with Crippen LogP contribution in [0.2, 0.25) is 0 Å². The molecule has 1 aliphatic heterocycles. The molecule has 0 bridgehead atoms. The van der Waals surface area contributed by atoms with Crippen molar-refractivity contribution >= 4 is 29.3 Å². The largest absolute Gasteiger partial charge is 0.342 e. The van der Waals surface area contributed by atoms with Gasteiger partial charge < -0.3 is 10.2 Å². The van der Waals surface area contributed by atoms with E-state index >= 15 is 0 Å². The first-order valence-corrected chi connectivity index (χ1v) is 10.1. The van der Waals surface area contributed by atoms with Crippen molar-refractivity contribution in [3.05, 3.63) is 60.2 Å². The second kappa shape index (κ2) is 8.90. The highest BCUT2D eigenvalue weighted by molar-refractivity contribution is 7.98. The minimum absolute atomic E-state index is 0.000822. The number of nitrogens with zero attached hydrogens (tertiary/aromatic N) is 1. The first kappa shape index (κ1) is 18.5. The molecule has 1 fully saturated rings. The Morgan fingerprint density at radius 1 is 1.12 bits per heavy atom. The number of carbonyl (C=O) groups is 2. The molecule has 0 aliphatic carbocycles. The molecule has 2 amide bonds. The van der Waals surface area contributed by atoms with E-state index < -0.39 is 0 Å². The number of carbonyl (C=O) groups excluding carboxylic acids is 2. The van der Waals surface area contributed by atoms with Crippen LogP contribution >= 0.6 is 11.8 Å². The fourth-order valence-electron chi connectivity index (χ4n) is 3.22. The number of benzene rings is 2. The van der Waals surface area contributed by atoms with E-state index in [9.17, 15) is 9.59 Å². The summed E-state index contributed by atoms with van der Waals surface area (Å²) >= 11 is 1.67. The number of hydrogen-bond acceptors (Lipinski definition) is 3. The number of nitrogens with one attached hydrogen (secondary N) is 1. The summed E-state index contributed by atoms with van der Waals surface area (Å²) in [5, 5.41) is 2.99. The highest BCUT2D eigenvalue weighted by Crippen LogP contribution is 2.21. The first-order chi connectivity index (χ1) is 12.7. The van der Waals surface area contributed by atoms with Gasteiger partial charge in [-0.2, -0.15) is 0 Å². The minimum atomic E-state index is -0.149. The lowest BCUT2D eigenvalue weighted by atomic mass is 9.96. The van der Waals surface area contributed by atoms with Gasteiger partial charge in [-0.25, -0.2) is 0 Å². The van der Waals surface area contributed by atoms with Crippen LogP contribution in [0.3, 0.4) is 0 Å². The van der Waals surface area contributed by atoms with Gasteiger partial charge in [0.15, 0.2) is 0 Å². The molecule has 1 atom stereocenters. The molecule has 0 radical (unpaired) electrons. The zero-order chi connectivity index (χ0) is 18.4. The van der Waals surface area contributed by atoms with Crippen LogP contribution in [0.15, 0.2) is 59.5 Å². The van der Waals surface area contributed by atoms with Crippen molar-refractivity contribution in [1.29, 1.82) is 0 Å². The van der Waals surface area contributed by atoms with Crippen molar-refractivity contribution in [2.45, 2.75) is 24.2 Å². The molecule has 136 valence electrons. The van der Waals surface area contributed by atoms with Crippen molar-refractivity contribution in [2.24, 2.45) is 5.92 Å². The van der Waals surface area contributed by atoms with Gasteiger partial charge in [0.25, 0.3) is 0 Å². The summed E-state index contributed by atoms with van der Waals surface area (Å²) < 4.78 is 0. The van der Waals surface area contributed by atoms with E-state index in [2.05, 4.69) is 5.32 Å². The molecular weight excluding hydrogens is 344 g/mol. The van der Waals surface area contributed by atoms with Gasteiger partial charge in [0.1, 0.15) is 0 Å². The van der Waals surface area contributed by atoms with E-state index in [4.69, 9.17) is 0 Å². The lowest BCUT2D eigenvalue weighted by molar-refractivity contribution is -0.133. The minimum Gasteiger partial charge on any atom is -0.342 e. The Kier molecular flexibility index (Phi) is 6.34. The van der Waals surface area contributed by atoms with Crippen LogP contribution in [0.25, 0.3) is 0 Å². The molecule has 2 aromatic carbocycles. The maximum Gasteiger partial charge on any atom is 0.229 e. The average Bonchev–Trinajstić information content (AvgIpc) is 2.69. The van der Waals surface area contributed by atoms with Crippen LogP contribution in [-0.2, 0) is 16.0 Å². The molecular formula is C21H24N2O2S. The quantitative estimate of drug-likeness (QED) is 0.816. The van der Waals surface area contributed by atoms with E-state index in [1.165, 1.54) is 4.90 Å². The van der Waals surface area contributed by atoms with Gasteiger partial charge in [0.05, 0.1) is 12.3 Å². The smallest absolute Gasteiger partial charge is 0.229 e. The third-order valence-corrected chi connectivity index (χ3v) is 5.44. The Morgan fingerprint density at radius 3 is 2.54 bits per heavy atom. The van der Waals surface area contributed by atoms with Crippen molar-refractivity contribution in [3.63, 3.8) is 0 Å². The Labute approximate surface area is 159 Å². The van der Waals surface area contributed by atoms with Crippen LogP contribution in [-0.4, -0.2) is 36.1 Å². The second-order valence-electron chi connectivity index (χ2n) is 6.56. The fraction of sp³-hybridized carbons (Fsp3) is 0.333. The number of anilines is 1. The van der Waals surface area contributed by atoms with Gasteiger partial charge in [-0.05, 0) is 48.9 Å². The number of amides is 2. The highest BCUT2D eigenvalue weighted by Gasteiger charge is 2.28. The normalized spacial score (nSPS) is 17.0. The zero-order valence-corrected chi connectivity index (χ0v) is 15.8. The van der Waals surface area contributed by atoms with Crippen LogP contribution in [0.5, 0.6) is 0 Å². The molecule has 0 aromatic heterocycles. The summed E-state index contributed by atoms with van der Waals surface area (Å²) in [7, 11) is 0. The predicted octanol–water partition coefficient (Wildman–Crippen LogP) is 3.83. The average molecular weight is 369 g/mol. The SMILES string of the molecule is CSc1ccc(NC(=O)C2CCCN(C(=O)Cc3ccccc3)C2)cc1. The molecule has 0 spiro atoms. The molecule has 0 saturated carbocycles. The van der Waals surface area contributed by atoms with E-state index in [0.29, 0.717) is 13.0 Å². The molecule has 2 aromatic rings. The van der Waals surface area contributed by atoms with Gasteiger partial charge >= 0.3 is 0 Å². The Hall–Kier alpha value is -2.27. The summed E-state index contributed by atoms with van der Waals surface area (Å²) in [4.78, 5) is 28.1. The lowest BCUT2D eigenvalue weighted by Gasteiger charge is -2.32. The third kappa shape index (κ3) is 4.88. The van der Waals surface area contributed by atoms with Crippen molar-refractivity contribution < 1.29 is 9.59 Å². The molecule has 1 saturated heterocycles. The van der Waals surface area contributed by atoms with Gasteiger partial charge in [0.2, 0.25) is 11.8 Å². The van der Waals surface area contributed by atoms with E-state index in [1.807, 2.05) is 65.8 Å². The van der Waals surface area contributed by atoms with Gasteiger partial charge in [-0.1, -0.05) is 30.3 Å². The molecule has 1 aliphatic rings. The maximum absolute atomic E-state index is 12.6. The molecule has 26 heavy (non-hydrogen) atoms. The maximum atomic E-state index is 12.6. The summed E-state index contributed by atoms with van der Waals surface area (Å²) in [5.41, 5.74) is 1.82. The topological polar surface area (TPSA) is 49.4 Å². The Morgan fingerprint density at radius 2 is 1.85 bits per heavy atom. The Balaban J connectivity index is 1.56. The standard InChI is InChI=1S/C21H24N2O2S/c1-26-19-11-9-18(10-12-19)22-21(25)17-8-5-13-23(15-17)20(24)14-16-6-3-2-4-7-16/h2-4,6-7,9-12,17H,5,8,13-15H2,1H3,(H,22,25). The summed E-state index contributed by atoms with van der Waals surface area (Å²) in [6.45, 7) is 1.23. The molecule has 1 N–H and O–H groups in total. The van der Waals surface area contributed by atoms with Crippen molar-refractivity contribution in [2.75, 3.05) is 24.7 Å². The van der Waals surface area contributed by atoms with Crippen LogP contribution < -0.4 is 5.32 Å². The summed E-state index contributed by atoms with van der Waals surface area (Å²) in [6.07, 6.45) is 4.11. The molecule has 1 heterocycles. The monoisotopic (exact) mass is 368 g/mol. The van der Waals surface area contributed by atoms with E-state index in [0.717, 1.165) is 30.6 Å². The molecule has 5 heteroatoms. The van der Waals surface area contributed by atoms with Gasteiger partial charge in [-0.15, -0.1) is 11.8 Å². The molecule has 3 rings (SSSR count). The predicted molar refractivity (Wildman–Crippen MR) is 106 cm³/mol. The molecule has 4 nitrogen and oxygen atoms in total. The van der Waals surface area contributed by atoms with Crippen LogP contribution in [0.1, 0.15) is 18.4 Å².